The van der Waals surface area contributed by atoms with Crippen molar-refractivity contribution >= 4 is 77.8 Å². The Morgan fingerprint density at radius 3 is 1.66 bits per heavy atom. The average molecular weight is 1170 g/mol. The van der Waals surface area contributed by atoms with Gasteiger partial charge in [0.15, 0.2) is 0 Å². The molecule has 1 aromatic carbocycles. The molecule has 0 spiro atoms. The number of carbonyl (C=O) groups is 13. The highest BCUT2D eigenvalue weighted by molar-refractivity contribution is 5.97. The van der Waals surface area contributed by atoms with E-state index in [1.54, 1.807) is 45.0 Å². The average Bonchev–Trinajstić information content (AvgIpc) is 4.09. The Labute approximate surface area is 476 Å². The molecule has 2 aromatic rings. The van der Waals surface area contributed by atoms with Crippen molar-refractivity contribution in [3.63, 3.8) is 0 Å². The number of aromatic amines is 1. The van der Waals surface area contributed by atoms with Gasteiger partial charge in [0.1, 0.15) is 54.9 Å². The minimum absolute atomic E-state index is 0.0256. The zero-order chi connectivity index (χ0) is 61.4. The molecule has 2 heterocycles. The zero-order valence-corrected chi connectivity index (χ0v) is 45.8. The Bertz CT molecular complexity index is 2490. The fourth-order valence-electron chi connectivity index (χ4n) is 8.49. The second-order valence-corrected chi connectivity index (χ2v) is 19.3. The maximum Gasteiger partial charge on any atom is 0.328 e. The summed E-state index contributed by atoms with van der Waals surface area (Å²) in [5, 5.41) is 74.8. The van der Waals surface area contributed by atoms with Gasteiger partial charge in [0, 0.05) is 90.8 Å². The van der Waals surface area contributed by atoms with E-state index in [2.05, 4.69) is 47.2 Å². The molecule has 7 amide bonds. The maximum absolute atomic E-state index is 13.8. The Balaban J connectivity index is 1.61. The highest BCUT2D eigenvalue weighted by Gasteiger charge is 2.34. The van der Waals surface area contributed by atoms with Gasteiger partial charge in [-0.25, -0.2) is 9.78 Å². The molecule has 458 valence electrons. The number of imidazole rings is 1. The number of H-pyrrole nitrogens is 1. The first-order valence-electron chi connectivity index (χ1n) is 26.6. The lowest BCUT2D eigenvalue weighted by molar-refractivity contribution is -0.145. The lowest BCUT2D eigenvalue weighted by Gasteiger charge is -2.35. The monoisotopic (exact) mass is 1170 g/mol. The number of carboxylic acid groups (broad SMARTS) is 4. The van der Waals surface area contributed by atoms with Gasteiger partial charge >= 0.3 is 23.9 Å². The van der Waals surface area contributed by atoms with Crippen LogP contribution in [0, 0.1) is 0 Å². The normalized spacial score (nSPS) is 16.4. The van der Waals surface area contributed by atoms with Gasteiger partial charge in [-0.3, -0.25) is 67.5 Å². The lowest BCUT2D eigenvalue weighted by Crippen LogP contribution is -2.60. The number of nitrogens with one attached hydrogen (secondary N) is 8. The van der Waals surface area contributed by atoms with Crippen LogP contribution in [-0.2, 0) is 75.2 Å². The Morgan fingerprint density at radius 1 is 0.590 bits per heavy atom. The van der Waals surface area contributed by atoms with Crippen LogP contribution in [0.4, 0.5) is 0 Å². The van der Waals surface area contributed by atoms with E-state index in [-0.39, 0.29) is 103 Å². The van der Waals surface area contributed by atoms with Gasteiger partial charge in [-0.05, 0) is 25.3 Å². The SMILES string of the molecule is C[C@H](NC(=O)[C@H](CC(=O)O)NC(=O)CCCNC(=O)CCC(C(=O)O)N1CCN(CC=O)CCN(CC=O)CCN(CC(=O)O)CC1)C(=O)N[C@@H](Cc1c[nH]cn1)C(=O)N[C@@H](CO)C(=O)N[C@@H](Cc1ccccc1)C(=O)N[C@@H](CO)C(=O)O. The van der Waals surface area contributed by atoms with Gasteiger partial charge in [-0.2, -0.15) is 0 Å². The van der Waals surface area contributed by atoms with Crippen LogP contribution in [0.15, 0.2) is 42.9 Å². The molecule has 0 saturated carbocycles. The van der Waals surface area contributed by atoms with E-state index in [4.69, 9.17) is 0 Å². The molecule has 32 nitrogen and oxygen atoms in total. The van der Waals surface area contributed by atoms with Crippen LogP contribution in [-0.4, -0.2) is 272 Å². The zero-order valence-electron chi connectivity index (χ0n) is 45.8. The fourth-order valence-corrected chi connectivity index (χ4v) is 8.49. The number of aliphatic hydroxyl groups excluding tert-OH is 2. The van der Waals surface area contributed by atoms with Crippen molar-refractivity contribution in [3.05, 3.63) is 54.1 Å². The molecule has 7 atom stereocenters. The van der Waals surface area contributed by atoms with Crippen molar-refractivity contribution in [1.82, 2.24) is 66.8 Å². The van der Waals surface area contributed by atoms with Crippen molar-refractivity contribution in [1.29, 1.82) is 0 Å². The van der Waals surface area contributed by atoms with Gasteiger partial charge in [0.2, 0.25) is 41.4 Å². The number of nitrogens with zero attached hydrogens (tertiary/aromatic N) is 5. The number of carboxylic acids is 4. The number of carbonyl (C=O) groups excluding carboxylic acids is 9. The molecule has 3 rings (SSSR count). The fraction of sp³-hybridized carbons (Fsp3) is 0.569. The maximum atomic E-state index is 13.8. The number of benzene rings is 1. The van der Waals surface area contributed by atoms with Crippen molar-refractivity contribution in [2.45, 2.75) is 94.2 Å². The Morgan fingerprint density at radius 2 is 1.12 bits per heavy atom. The lowest BCUT2D eigenvalue weighted by atomic mass is 10.0. The third kappa shape index (κ3) is 26.0. The summed E-state index contributed by atoms with van der Waals surface area (Å²) in [7, 11) is 0. The van der Waals surface area contributed by atoms with E-state index in [9.17, 15) is 93.0 Å². The van der Waals surface area contributed by atoms with Crippen LogP contribution in [0.3, 0.4) is 0 Å². The van der Waals surface area contributed by atoms with Gasteiger partial charge in [-0.1, -0.05) is 30.3 Å². The minimum Gasteiger partial charge on any atom is -0.481 e. The highest BCUT2D eigenvalue weighted by Crippen LogP contribution is 2.12. The number of aldehydes is 2. The van der Waals surface area contributed by atoms with E-state index >= 15 is 0 Å². The van der Waals surface area contributed by atoms with Gasteiger partial charge in [0.25, 0.3) is 0 Å². The van der Waals surface area contributed by atoms with E-state index in [0.717, 1.165) is 6.29 Å². The summed E-state index contributed by atoms with van der Waals surface area (Å²) in [6.45, 7) is 0.822. The van der Waals surface area contributed by atoms with Crippen molar-refractivity contribution in [2.24, 2.45) is 0 Å². The molecule has 32 heteroatoms. The van der Waals surface area contributed by atoms with Gasteiger partial charge in [0.05, 0.1) is 51.3 Å². The second-order valence-electron chi connectivity index (χ2n) is 19.3. The third-order valence-electron chi connectivity index (χ3n) is 13.1. The van der Waals surface area contributed by atoms with Crippen LogP contribution in [0.1, 0.15) is 50.3 Å². The summed E-state index contributed by atoms with van der Waals surface area (Å²) >= 11 is 0. The largest absolute Gasteiger partial charge is 0.481 e. The Kier molecular flexibility index (Phi) is 30.7. The summed E-state index contributed by atoms with van der Waals surface area (Å²) in [5.41, 5.74) is 0.740. The first kappa shape index (κ1) is 69.0. The number of hydrogen-bond donors (Lipinski definition) is 14. The molecule has 1 aliphatic heterocycles. The minimum atomic E-state index is -1.77. The van der Waals surface area contributed by atoms with Crippen LogP contribution in [0.5, 0.6) is 0 Å². The summed E-state index contributed by atoms with van der Waals surface area (Å²) in [6.07, 6.45) is 1.81. The summed E-state index contributed by atoms with van der Waals surface area (Å²) in [5.74, 6) is -12.2. The quantitative estimate of drug-likeness (QED) is 0.0225. The summed E-state index contributed by atoms with van der Waals surface area (Å²) in [6, 6.07) is -2.82. The topological polar surface area (TPSA) is 469 Å². The first-order chi connectivity index (χ1) is 39.6. The number of rotatable bonds is 35. The van der Waals surface area contributed by atoms with Crippen LogP contribution in [0.25, 0.3) is 0 Å². The first-order valence-corrected chi connectivity index (χ1v) is 26.6. The summed E-state index contributed by atoms with van der Waals surface area (Å²) in [4.78, 5) is 177. The predicted molar refractivity (Wildman–Crippen MR) is 287 cm³/mol. The van der Waals surface area contributed by atoms with E-state index in [0.29, 0.717) is 31.5 Å². The molecular weight excluding hydrogens is 1100 g/mol. The van der Waals surface area contributed by atoms with Crippen LogP contribution >= 0.6 is 0 Å². The smallest absolute Gasteiger partial charge is 0.328 e. The van der Waals surface area contributed by atoms with Crippen LogP contribution in [0.2, 0.25) is 0 Å². The number of aromatic nitrogens is 2. The molecule has 14 N–H and O–H groups in total. The third-order valence-corrected chi connectivity index (χ3v) is 13.1. The van der Waals surface area contributed by atoms with E-state index < -0.39 is 127 Å². The van der Waals surface area contributed by atoms with Crippen molar-refractivity contribution in [2.75, 3.05) is 91.8 Å². The molecule has 1 aliphatic rings. The molecule has 1 fully saturated rings. The van der Waals surface area contributed by atoms with E-state index in [1.807, 2.05) is 4.90 Å². The predicted octanol–water partition coefficient (Wildman–Crippen LogP) is -6.50. The Hall–Kier alpha value is -8.30. The molecule has 1 aromatic heterocycles. The molecule has 0 aliphatic carbocycles. The highest BCUT2D eigenvalue weighted by atomic mass is 16.4. The van der Waals surface area contributed by atoms with Crippen molar-refractivity contribution < 1.29 is 93.0 Å². The summed E-state index contributed by atoms with van der Waals surface area (Å²) < 4.78 is 0. The molecule has 83 heavy (non-hydrogen) atoms. The molecule has 1 saturated heterocycles. The standard InChI is InChI=1S/C51H75N13O19/c1-32(45(75)57-36(25-34-27-52-31-54-34)48(78)59-38(29-67)49(79)58-35(24-33-6-3-2-4-7-33)47(77)60-39(30-68)50(80)81)55-46(76)37(26-43(71)72)56-42(70)8-5-11-53-41(69)10-9-40(51(82)83)64-18-16-62(21-23-66)13-12-61(20-22-65)14-15-63(17-19-64)28-44(73)74/h2-4,6-7,22-23,27,31-32,35-40,67-68H,5,8-21,24-26,28-30H2,1H3,(H,52,54)(H,53,69)(H,55,76)(H,56,70)(H,57,75)(H,58,79)(H,59,78)(H,60,77)(H,71,72)(H,73,74)(H,80,81)(H,82,83)/t32-,35-,36-,37-,38-,39-,40?/m0/s1. The number of aliphatic hydroxyl groups is 2. The second kappa shape index (κ2) is 36.9. The number of hydrogen-bond acceptors (Lipinski definition) is 20. The number of amides is 7. The molecule has 0 bridgehead atoms. The van der Waals surface area contributed by atoms with Crippen LogP contribution < -0.4 is 37.2 Å². The van der Waals surface area contributed by atoms with Gasteiger partial charge in [-0.15, -0.1) is 0 Å². The number of aliphatic carboxylic acids is 4. The molecular formula is C51H75N13O19. The van der Waals surface area contributed by atoms with E-state index in [1.165, 1.54) is 19.4 Å². The van der Waals surface area contributed by atoms with Gasteiger partial charge < -0.3 is 82.4 Å². The van der Waals surface area contributed by atoms with Crippen molar-refractivity contribution in [3.8, 4) is 0 Å². The molecule has 1 unspecified atom stereocenters. The molecule has 0 radical (unpaired) electrons.